The predicted octanol–water partition coefficient (Wildman–Crippen LogP) is 2.95. The number of halogens is 6. The molecule has 0 saturated carbocycles. The van der Waals surface area contributed by atoms with Crippen molar-refractivity contribution >= 4 is 11.9 Å². The molecular formula is C23H29F6N5O5. The van der Waals surface area contributed by atoms with Crippen LogP contribution >= 0.6 is 0 Å². The van der Waals surface area contributed by atoms with Gasteiger partial charge in [0, 0.05) is 63.5 Å². The van der Waals surface area contributed by atoms with E-state index in [1.165, 1.54) is 17.5 Å². The van der Waals surface area contributed by atoms with Gasteiger partial charge in [0.05, 0.1) is 18.3 Å². The van der Waals surface area contributed by atoms with Crippen molar-refractivity contribution in [2.75, 3.05) is 20.2 Å². The minimum Gasteiger partial charge on any atom is -0.475 e. The van der Waals surface area contributed by atoms with Gasteiger partial charge in [0.2, 0.25) is 0 Å². The van der Waals surface area contributed by atoms with Crippen molar-refractivity contribution in [2.24, 2.45) is 7.05 Å². The minimum absolute atomic E-state index is 0.298. The van der Waals surface area contributed by atoms with Gasteiger partial charge in [-0.25, -0.2) is 9.59 Å². The van der Waals surface area contributed by atoms with Crippen LogP contribution in [0.4, 0.5) is 26.3 Å². The zero-order valence-corrected chi connectivity index (χ0v) is 21.1. The second-order valence-corrected chi connectivity index (χ2v) is 8.95. The Balaban J connectivity index is 0.000000317. The number of hydrogen-bond acceptors (Lipinski definition) is 7. The molecule has 0 aliphatic carbocycles. The van der Waals surface area contributed by atoms with Gasteiger partial charge in [-0.1, -0.05) is 6.07 Å². The van der Waals surface area contributed by atoms with Crippen molar-refractivity contribution in [3.63, 3.8) is 0 Å². The molecule has 16 heteroatoms. The summed E-state index contributed by atoms with van der Waals surface area (Å²) >= 11 is 0. The highest BCUT2D eigenvalue weighted by molar-refractivity contribution is 5.73. The number of aromatic nitrogens is 3. The number of pyridine rings is 1. The average Bonchev–Trinajstić information content (AvgIpc) is 3.43. The van der Waals surface area contributed by atoms with Gasteiger partial charge in [-0.05, 0) is 31.5 Å². The zero-order valence-electron chi connectivity index (χ0n) is 21.1. The maximum absolute atomic E-state index is 10.6. The molecule has 2 aliphatic heterocycles. The summed E-state index contributed by atoms with van der Waals surface area (Å²) in [6.07, 6.45) is 0.391. The number of fused-ring (bicyclic) bond motifs is 1. The molecule has 0 spiro atoms. The Morgan fingerprint density at radius 2 is 1.72 bits per heavy atom. The average molecular weight is 570 g/mol. The molecule has 39 heavy (non-hydrogen) atoms. The van der Waals surface area contributed by atoms with E-state index in [1.54, 1.807) is 0 Å². The number of aryl methyl sites for hydroxylation is 1. The van der Waals surface area contributed by atoms with Gasteiger partial charge in [-0.15, -0.1) is 0 Å². The van der Waals surface area contributed by atoms with Crippen LogP contribution in [-0.2, 0) is 34.5 Å². The third kappa shape index (κ3) is 10.1. The Kier molecular flexibility index (Phi) is 11.2. The van der Waals surface area contributed by atoms with E-state index in [0.717, 1.165) is 32.7 Å². The summed E-state index contributed by atoms with van der Waals surface area (Å²) < 4.78 is 71.6. The monoisotopic (exact) mass is 569 g/mol. The molecule has 0 aromatic carbocycles. The summed E-state index contributed by atoms with van der Waals surface area (Å²) in [5.74, 6) is -5.51. The van der Waals surface area contributed by atoms with Crippen LogP contribution < -0.4 is 0 Å². The van der Waals surface area contributed by atoms with E-state index in [2.05, 4.69) is 39.2 Å². The second kappa shape index (κ2) is 13.7. The summed E-state index contributed by atoms with van der Waals surface area (Å²) in [6, 6.07) is 5.08. The third-order valence-corrected chi connectivity index (χ3v) is 5.95. The van der Waals surface area contributed by atoms with E-state index >= 15 is 0 Å². The molecule has 10 nitrogen and oxygen atoms in total. The number of carboxylic acids is 2. The fourth-order valence-corrected chi connectivity index (χ4v) is 4.28. The van der Waals surface area contributed by atoms with Crippen molar-refractivity contribution < 1.29 is 50.9 Å². The Labute approximate surface area is 219 Å². The SMILES string of the molecule is CN(Cc1cccnc1)[C@@H]1CN(Cc2cnn(C)c2)[C@@H]2CCCO[C@H]12.O=C(O)C(F)(F)F.O=C(O)C(F)(F)F. The molecule has 2 aromatic heterocycles. The lowest BCUT2D eigenvalue weighted by atomic mass is 10.00. The number of hydrogen-bond donors (Lipinski definition) is 2. The highest BCUT2D eigenvalue weighted by Gasteiger charge is 2.45. The van der Waals surface area contributed by atoms with E-state index in [0.29, 0.717) is 18.2 Å². The highest BCUT2D eigenvalue weighted by atomic mass is 19.4. The van der Waals surface area contributed by atoms with Crippen LogP contribution in [0.1, 0.15) is 24.0 Å². The van der Waals surface area contributed by atoms with Crippen molar-refractivity contribution in [3.8, 4) is 0 Å². The fourth-order valence-electron chi connectivity index (χ4n) is 4.28. The van der Waals surface area contributed by atoms with Crippen LogP contribution in [0.3, 0.4) is 0 Å². The molecule has 2 aliphatic rings. The summed E-state index contributed by atoms with van der Waals surface area (Å²) in [5.41, 5.74) is 2.53. The molecule has 3 atom stereocenters. The molecule has 4 heterocycles. The number of rotatable bonds is 5. The summed E-state index contributed by atoms with van der Waals surface area (Å²) in [5, 5.41) is 18.6. The Morgan fingerprint density at radius 1 is 1.10 bits per heavy atom. The van der Waals surface area contributed by atoms with Crippen molar-refractivity contribution in [3.05, 3.63) is 48.0 Å². The van der Waals surface area contributed by atoms with Crippen molar-refractivity contribution in [1.29, 1.82) is 0 Å². The summed E-state index contributed by atoms with van der Waals surface area (Å²) in [6.45, 7) is 3.79. The van der Waals surface area contributed by atoms with E-state index < -0.39 is 24.3 Å². The molecule has 2 saturated heterocycles. The molecule has 0 unspecified atom stereocenters. The molecule has 0 radical (unpaired) electrons. The molecule has 4 rings (SSSR count). The number of likely N-dealkylation sites (N-methyl/N-ethyl adjacent to an activating group) is 1. The first-order valence-electron chi connectivity index (χ1n) is 11.6. The normalized spacial score (nSPS) is 21.3. The van der Waals surface area contributed by atoms with E-state index in [4.69, 9.17) is 24.5 Å². The van der Waals surface area contributed by atoms with Crippen LogP contribution in [0.5, 0.6) is 0 Å². The van der Waals surface area contributed by atoms with Gasteiger partial charge in [0.15, 0.2) is 0 Å². The lowest BCUT2D eigenvalue weighted by Gasteiger charge is -2.34. The number of ether oxygens (including phenoxy) is 1. The maximum Gasteiger partial charge on any atom is 0.490 e. The molecule has 2 fully saturated rings. The molecule has 2 N–H and O–H groups in total. The first kappa shape index (κ1) is 32.0. The largest absolute Gasteiger partial charge is 0.490 e. The van der Waals surface area contributed by atoms with E-state index in [-0.39, 0.29) is 0 Å². The number of carbonyl (C=O) groups is 2. The maximum atomic E-state index is 10.6. The van der Waals surface area contributed by atoms with Gasteiger partial charge in [-0.2, -0.15) is 31.4 Å². The minimum atomic E-state index is -5.08. The topological polar surface area (TPSA) is 121 Å². The highest BCUT2D eigenvalue weighted by Crippen LogP contribution is 2.32. The Bertz CT molecular complexity index is 1040. The number of carboxylic acid groups (broad SMARTS) is 2. The third-order valence-electron chi connectivity index (χ3n) is 5.95. The Hall–Kier alpha value is -3.24. The molecule has 218 valence electrons. The standard InChI is InChI=1S/C19H27N5O.2C2HF3O2/c1-22(11-15-5-3-7-20-9-15)18-14-24(13-16-10-21-23(2)12-16)17-6-4-8-25-19(17)18;2*3-2(4,5)1(6)7/h3,5,7,9-10,12,17-19H,4,6,8,11,13-14H2,1-2H3;2*(H,6,7)/t17-,18-,19+;;/m1../s1. The number of nitrogens with zero attached hydrogens (tertiary/aromatic N) is 5. The summed E-state index contributed by atoms with van der Waals surface area (Å²) in [4.78, 5) is 27.1. The van der Waals surface area contributed by atoms with Crippen LogP contribution in [0.2, 0.25) is 0 Å². The van der Waals surface area contributed by atoms with Crippen LogP contribution in [0.15, 0.2) is 36.9 Å². The molecule has 0 bridgehead atoms. The van der Waals surface area contributed by atoms with Crippen molar-refractivity contribution in [2.45, 2.75) is 56.5 Å². The quantitative estimate of drug-likeness (QED) is 0.524. The van der Waals surface area contributed by atoms with Gasteiger partial charge < -0.3 is 14.9 Å². The van der Waals surface area contributed by atoms with E-state index in [9.17, 15) is 26.3 Å². The first-order valence-corrected chi connectivity index (χ1v) is 11.6. The van der Waals surface area contributed by atoms with Crippen LogP contribution in [0.25, 0.3) is 0 Å². The lowest BCUT2D eigenvalue weighted by Crippen LogP contribution is -2.46. The van der Waals surface area contributed by atoms with Gasteiger partial charge in [0.1, 0.15) is 0 Å². The zero-order chi connectivity index (χ0) is 29.4. The Morgan fingerprint density at radius 3 is 2.21 bits per heavy atom. The van der Waals surface area contributed by atoms with Gasteiger partial charge in [0.25, 0.3) is 0 Å². The smallest absolute Gasteiger partial charge is 0.475 e. The van der Waals surface area contributed by atoms with Crippen LogP contribution in [-0.4, -0.2) is 97.5 Å². The van der Waals surface area contributed by atoms with Gasteiger partial charge in [-0.3, -0.25) is 19.5 Å². The molecule has 2 aromatic rings. The number of aliphatic carboxylic acids is 2. The van der Waals surface area contributed by atoms with Gasteiger partial charge >= 0.3 is 24.3 Å². The lowest BCUT2D eigenvalue weighted by molar-refractivity contribution is -0.193. The fraction of sp³-hybridized carbons (Fsp3) is 0.565. The summed E-state index contributed by atoms with van der Waals surface area (Å²) in [7, 11) is 4.19. The first-order chi connectivity index (χ1) is 18.1. The molecule has 0 amide bonds. The van der Waals surface area contributed by atoms with Crippen molar-refractivity contribution in [1.82, 2.24) is 24.6 Å². The van der Waals surface area contributed by atoms with Crippen LogP contribution in [0, 0.1) is 0 Å². The number of alkyl halides is 6. The molecular weight excluding hydrogens is 540 g/mol. The number of likely N-dealkylation sites (tertiary alicyclic amines) is 1. The predicted molar refractivity (Wildman–Crippen MR) is 123 cm³/mol. The second-order valence-electron chi connectivity index (χ2n) is 8.95. The van der Waals surface area contributed by atoms with E-state index in [1.807, 2.05) is 36.4 Å².